The van der Waals surface area contributed by atoms with Crippen LogP contribution in [-0.2, 0) is 5.41 Å². The SMILES string of the molecule is Cc1csc(C2(CNC(=O)O)C3CCN(c4nc5nc(Sc6ccnc(N)c6Cl)cnc5[nH]4)CC32)n1. The fourth-order valence-electron chi connectivity index (χ4n) is 5.21. The van der Waals surface area contributed by atoms with Crippen LogP contribution < -0.4 is 16.0 Å². The van der Waals surface area contributed by atoms with Gasteiger partial charge in [-0.05, 0) is 31.2 Å². The number of carbonyl (C=O) groups is 1. The lowest BCUT2D eigenvalue weighted by molar-refractivity contribution is 0.193. The Morgan fingerprint density at radius 1 is 1.39 bits per heavy atom. The summed E-state index contributed by atoms with van der Waals surface area (Å²) in [6.45, 7) is 3.88. The number of nitrogens with zero attached hydrogens (tertiary/aromatic N) is 6. The van der Waals surface area contributed by atoms with Crippen LogP contribution in [0.1, 0.15) is 17.1 Å². The van der Waals surface area contributed by atoms with Gasteiger partial charge in [0.2, 0.25) is 5.95 Å². The van der Waals surface area contributed by atoms with Crippen molar-refractivity contribution in [1.29, 1.82) is 0 Å². The summed E-state index contributed by atoms with van der Waals surface area (Å²) in [5, 5.41) is 15.9. The number of fused-ring (bicyclic) bond motifs is 2. The van der Waals surface area contributed by atoms with Crippen LogP contribution in [0.4, 0.5) is 16.6 Å². The van der Waals surface area contributed by atoms with E-state index in [2.05, 4.69) is 30.2 Å². The number of rotatable bonds is 6. The van der Waals surface area contributed by atoms with Crippen LogP contribution in [0.3, 0.4) is 0 Å². The third-order valence-corrected chi connectivity index (χ3v) is 9.57. The van der Waals surface area contributed by atoms with Crippen LogP contribution in [0, 0.1) is 18.8 Å². The van der Waals surface area contributed by atoms with Gasteiger partial charge in [-0.1, -0.05) is 23.4 Å². The number of amides is 1. The van der Waals surface area contributed by atoms with E-state index >= 15 is 0 Å². The second kappa shape index (κ2) is 8.75. The van der Waals surface area contributed by atoms with Crippen LogP contribution in [-0.4, -0.2) is 60.7 Å². The number of pyridine rings is 1. The zero-order chi connectivity index (χ0) is 25.0. The number of anilines is 2. The van der Waals surface area contributed by atoms with Gasteiger partial charge in [-0.2, -0.15) is 4.98 Å². The Morgan fingerprint density at radius 3 is 3.03 bits per heavy atom. The first-order valence-corrected chi connectivity index (χ1v) is 13.4. The van der Waals surface area contributed by atoms with Crippen molar-refractivity contribution in [2.75, 3.05) is 30.3 Å². The van der Waals surface area contributed by atoms with Crippen molar-refractivity contribution in [3.8, 4) is 0 Å². The first kappa shape index (κ1) is 23.3. The molecule has 0 spiro atoms. The number of nitrogens with one attached hydrogen (secondary N) is 2. The number of piperidine rings is 1. The van der Waals surface area contributed by atoms with Crippen LogP contribution in [0.5, 0.6) is 0 Å². The van der Waals surface area contributed by atoms with Crippen molar-refractivity contribution >= 4 is 63.9 Å². The number of nitrogens with two attached hydrogens (primary N) is 1. The second-order valence-electron chi connectivity index (χ2n) is 8.99. The maximum absolute atomic E-state index is 11.3. The van der Waals surface area contributed by atoms with E-state index in [0.29, 0.717) is 39.8 Å². The van der Waals surface area contributed by atoms with E-state index in [4.69, 9.17) is 27.3 Å². The molecule has 186 valence electrons. The normalized spacial score (nSPS) is 23.0. The highest BCUT2D eigenvalue weighted by Gasteiger charge is 2.68. The van der Waals surface area contributed by atoms with Gasteiger partial charge in [-0.3, -0.25) is 0 Å². The van der Waals surface area contributed by atoms with Crippen molar-refractivity contribution < 1.29 is 9.90 Å². The molecule has 6 rings (SSSR count). The fraction of sp³-hybridized carbons (Fsp3) is 0.364. The van der Waals surface area contributed by atoms with E-state index < -0.39 is 6.09 Å². The molecule has 0 bridgehead atoms. The zero-order valence-electron chi connectivity index (χ0n) is 19.1. The number of aryl methyl sites for hydroxylation is 1. The number of H-pyrrole nitrogens is 1. The lowest BCUT2D eigenvalue weighted by Gasteiger charge is -2.25. The van der Waals surface area contributed by atoms with Crippen molar-refractivity contribution in [2.24, 2.45) is 11.8 Å². The molecule has 1 aliphatic carbocycles. The molecule has 14 heteroatoms. The number of hydrogen-bond donors (Lipinski definition) is 4. The van der Waals surface area contributed by atoms with Crippen LogP contribution >= 0.6 is 34.7 Å². The monoisotopic (exact) mass is 543 g/mol. The molecular formula is C22H22ClN9O2S2. The molecule has 11 nitrogen and oxygen atoms in total. The summed E-state index contributed by atoms with van der Waals surface area (Å²) in [6.07, 6.45) is 3.18. The molecule has 0 radical (unpaired) electrons. The number of thiazole rings is 1. The van der Waals surface area contributed by atoms with E-state index in [9.17, 15) is 9.90 Å². The Kier molecular flexibility index (Phi) is 5.65. The Morgan fingerprint density at radius 2 is 2.25 bits per heavy atom. The van der Waals surface area contributed by atoms with Gasteiger partial charge in [0.25, 0.3) is 0 Å². The molecule has 2 fully saturated rings. The van der Waals surface area contributed by atoms with Crippen molar-refractivity contribution in [1.82, 2.24) is 35.2 Å². The summed E-state index contributed by atoms with van der Waals surface area (Å²) in [7, 11) is 0. The number of imidazole rings is 1. The summed E-state index contributed by atoms with van der Waals surface area (Å²) >= 11 is 9.23. The van der Waals surface area contributed by atoms with E-state index in [-0.39, 0.29) is 17.2 Å². The Bertz CT molecular complexity index is 1480. The minimum absolute atomic E-state index is 0.267. The van der Waals surface area contributed by atoms with Gasteiger partial charge in [0.1, 0.15) is 15.9 Å². The van der Waals surface area contributed by atoms with Gasteiger partial charge in [-0.15, -0.1) is 11.3 Å². The van der Waals surface area contributed by atoms with Crippen molar-refractivity contribution in [2.45, 2.75) is 28.7 Å². The molecule has 1 aliphatic heterocycles. The topological polar surface area (TPSA) is 159 Å². The molecule has 5 heterocycles. The van der Waals surface area contributed by atoms with E-state index in [1.807, 2.05) is 12.3 Å². The molecular weight excluding hydrogens is 522 g/mol. The molecule has 2 aliphatic rings. The molecule has 36 heavy (non-hydrogen) atoms. The summed E-state index contributed by atoms with van der Waals surface area (Å²) < 4.78 is 0. The molecule has 1 saturated carbocycles. The zero-order valence-corrected chi connectivity index (χ0v) is 21.5. The Balaban J connectivity index is 1.23. The van der Waals surface area contributed by atoms with Crippen LogP contribution in [0.15, 0.2) is 33.8 Å². The minimum Gasteiger partial charge on any atom is -0.465 e. The average molecular weight is 544 g/mol. The average Bonchev–Trinajstić information content (AvgIpc) is 3.12. The highest BCUT2D eigenvalue weighted by Crippen LogP contribution is 2.63. The van der Waals surface area contributed by atoms with Crippen molar-refractivity contribution in [3.63, 3.8) is 0 Å². The largest absolute Gasteiger partial charge is 0.465 e. The lowest BCUT2D eigenvalue weighted by atomic mass is 10.0. The lowest BCUT2D eigenvalue weighted by Crippen LogP contribution is -2.34. The quantitative estimate of drug-likeness (QED) is 0.283. The number of aromatic amines is 1. The number of nitrogen functional groups attached to an aromatic ring is 1. The van der Waals surface area contributed by atoms with Gasteiger partial charge in [0.05, 0.1) is 11.2 Å². The summed E-state index contributed by atoms with van der Waals surface area (Å²) in [4.78, 5) is 40.1. The van der Waals surface area contributed by atoms with Gasteiger partial charge >= 0.3 is 6.09 Å². The molecule has 3 unspecified atom stereocenters. The highest BCUT2D eigenvalue weighted by atomic mass is 35.5. The molecule has 4 aromatic rings. The molecule has 0 aromatic carbocycles. The third-order valence-electron chi connectivity index (χ3n) is 6.95. The number of hydrogen-bond acceptors (Lipinski definition) is 10. The third kappa shape index (κ3) is 3.91. The molecule has 1 saturated heterocycles. The first-order chi connectivity index (χ1) is 17.3. The molecule has 5 N–H and O–H groups in total. The molecule has 1 amide bonds. The van der Waals surface area contributed by atoms with E-state index in [1.165, 1.54) is 11.8 Å². The summed E-state index contributed by atoms with van der Waals surface area (Å²) in [6, 6.07) is 1.78. The number of carboxylic acid groups (broad SMARTS) is 1. The van der Waals surface area contributed by atoms with Crippen molar-refractivity contribution in [3.05, 3.63) is 39.6 Å². The van der Waals surface area contributed by atoms with E-state index in [1.54, 1.807) is 29.8 Å². The number of halogens is 1. The highest BCUT2D eigenvalue weighted by molar-refractivity contribution is 7.99. The first-order valence-electron chi connectivity index (χ1n) is 11.3. The maximum atomic E-state index is 11.3. The van der Waals surface area contributed by atoms with Gasteiger partial charge in [0.15, 0.2) is 11.3 Å². The fourth-order valence-corrected chi connectivity index (χ4v) is 7.35. The predicted octanol–water partition coefficient (Wildman–Crippen LogP) is 3.56. The molecule has 4 aromatic heterocycles. The Labute approximate surface area is 218 Å². The summed E-state index contributed by atoms with van der Waals surface area (Å²) in [5.74, 6) is 1.64. The Hall–Kier alpha value is -3.16. The smallest absolute Gasteiger partial charge is 0.404 e. The number of aromatic nitrogens is 6. The van der Waals surface area contributed by atoms with E-state index in [0.717, 1.165) is 35.1 Å². The molecule has 3 atom stereocenters. The van der Waals surface area contributed by atoms with Gasteiger partial charge < -0.3 is 26.0 Å². The van der Waals surface area contributed by atoms with Crippen LogP contribution in [0.2, 0.25) is 5.02 Å². The minimum atomic E-state index is -1.01. The van der Waals surface area contributed by atoms with Gasteiger partial charge in [-0.25, -0.2) is 24.7 Å². The predicted molar refractivity (Wildman–Crippen MR) is 138 cm³/mol. The second-order valence-corrected chi connectivity index (χ2v) is 11.3. The standard InChI is InChI=1S/C22H22ClN9O2S2/c1-10-8-35-19(28-10)22(9-27-21(33)34)11-3-5-32(7-12(11)22)20-30-17-18(31-20)29-14(6-26-17)36-13-2-4-25-16(24)15(13)23/h2,4,6,8,11-12,27H,3,5,7,9H2,1H3,(H2,24,25)(H,33,34)(H,26,29,30,31). The van der Waals surface area contributed by atoms with Crippen LogP contribution in [0.25, 0.3) is 11.3 Å². The summed E-state index contributed by atoms with van der Waals surface area (Å²) in [5.41, 5.74) is 7.61. The maximum Gasteiger partial charge on any atom is 0.404 e. The van der Waals surface area contributed by atoms with Gasteiger partial charge in [0, 0.05) is 47.2 Å².